The van der Waals surface area contributed by atoms with Gasteiger partial charge in [-0.2, -0.15) is 0 Å². The van der Waals surface area contributed by atoms with Crippen LogP contribution in [0.2, 0.25) is 0 Å². The summed E-state index contributed by atoms with van der Waals surface area (Å²) < 4.78 is 18.4. The average molecular weight is 237 g/mol. The molecule has 2 unspecified atom stereocenters. The molecular formula is C14H20FNO. The van der Waals surface area contributed by atoms with Gasteiger partial charge in [-0.1, -0.05) is 18.9 Å². The van der Waals surface area contributed by atoms with Crippen molar-refractivity contribution in [1.82, 2.24) is 0 Å². The molecule has 1 aromatic carbocycles. The zero-order valence-corrected chi connectivity index (χ0v) is 10.3. The molecule has 0 heterocycles. The van der Waals surface area contributed by atoms with Crippen LogP contribution in [0.3, 0.4) is 0 Å². The van der Waals surface area contributed by atoms with Crippen molar-refractivity contribution in [3.05, 3.63) is 29.6 Å². The monoisotopic (exact) mass is 237 g/mol. The van der Waals surface area contributed by atoms with E-state index in [9.17, 15) is 4.39 Å². The molecule has 1 aromatic rings. The first-order valence-electron chi connectivity index (χ1n) is 6.27. The van der Waals surface area contributed by atoms with Gasteiger partial charge in [0, 0.05) is 6.04 Å². The molecular weight excluding hydrogens is 217 g/mol. The largest absolute Gasteiger partial charge is 0.494 e. The number of ether oxygens (including phenoxy) is 1. The summed E-state index contributed by atoms with van der Waals surface area (Å²) in [6.07, 6.45) is 5.53. The Hall–Kier alpha value is -1.09. The predicted molar refractivity (Wildman–Crippen MR) is 66.6 cm³/mol. The van der Waals surface area contributed by atoms with E-state index < -0.39 is 0 Å². The highest BCUT2D eigenvalue weighted by molar-refractivity contribution is 5.29. The van der Waals surface area contributed by atoms with Gasteiger partial charge >= 0.3 is 0 Å². The van der Waals surface area contributed by atoms with Gasteiger partial charge < -0.3 is 10.5 Å². The molecule has 1 saturated carbocycles. The van der Waals surface area contributed by atoms with E-state index in [0.717, 1.165) is 24.8 Å². The fourth-order valence-electron chi connectivity index (χ4n) is 2.69. The van der Waals surface area contributed by atoms with Crippen molar-refractivity contribution in [2.24, 2.45) is 11.7 Å². The molecule has 17 heavy (non-hydrogen) atoms. The van der Waals surface area contributed by atoms with Gasteiger partial charge in [0.05, 0.1) is 7.11 Å². The fraction of sp³-hybridized carbons (Fsp3) is 0.571. The van der Waals surface area contributed by atoms with E-state index >= 15 is 0 Å². The number of hydrogen-bond donors (Lipinski definition) is 1. The molecule has 2 nitrogen and oxygen atoms in total. The molecule has 0 bridgehead atoms. The van der Waals surface area contributed by atoms with Crippen LogP contribution in [0.5, 0.6) is 5.75 Å². The van der Waals surface area contributed by atoms with Crippen LogP contribution in [0.1, 0.15) is 31.2 Å². The second kappa shape index (κ2) is 5.50. The molecule has 3 heteroatoms. The van der Waals surface area contributed by atoms with Crippen molar-refractivity contribution >= 4 is 0 Å². The second-order valence-electron chi connectivity index (χ2n) is 4.97. The first kappa shape index (κ1) is 12.4. The number of halogens is 1. The van der Waals surface area contributed by atoms with Crippen molar-refractivity contribution in [3.8, 4) is 5.75 Å². The van der Waals surface area contributed by atoms with E-state index in [4.69, 9.17) is 10.5 Å². The molecule has 0 aromatic heterocycles. The van der Waals surface area contributed by atoms with Gasteiger partial charge in [0.15, 0.2) is 11.6 Å². The lowest BCUT2D eigenvalue weighted by Crippen LogP contribution is -2.28. The topological polar surface area (TPSA) is 35.2 Å². The molecule has 1 fully saturated rings. The minimum absolute atomic E-state index is 0.273. The molecule has 0 amide bonds. The van der Waals surface area contributed by atoms with E-state index in [2.05, 4.69) is 0 Å². The highest BCUT2D eigenvalue weighted by Crippen LogP contribution is 2.27. The average Bonchev–Trinajstić information content (AvgIpc) is 2.29. The predicted octanol–water partition coefficient (Wildman–Crippen LogP) is 2.89. The Morgan fingerprint density at radius 2 is 2.24 bits per heavy atom. The quantitative estimate of drug-likeness (QED) is 0.877. The van der Waals surface area contributed by atoms with Crippen LogP contribution in [-0.2, 0) is 6.42 Å². The summed E-state index contributed by atoms with van der Waals surface area (Å²) in [4.78, 5) is 0. The smallest absolute Gasteiger partial charge is 0.165 e. The summed E-state index contributed by atoms with van der Waals surface area (Å²) in [5, 5.41) is 0. The lowest BCUT2D eigenvalue weighted by molar-refractivity contribution is 0.320. The summed E-state index contributed by atoms with van der Waals surface area (Å²) in [7, 11) is 1.48. The van der Waals surface area contributed by atoms with Gasteiger partial charge in [-0.05, 0) is 42.9 Å². The first-order chi connectivity index (χ1) is 8.19. The second-order valence-corrected chi connectivity index (χ2v) is 4.97. The minimum atomic E-state index is -0.273. The number of nitrogens with two attached hydrogens (primary N) is 1. The maximum atomic E-state index is 13.5. The van der Waals surface area contributed by atoms with Crippen molar-refractivity contribution in [1.29, 1.82) is 0 Å². The lowest BCUT2D eigenvalue weighted by Gasteiger charge is -2.26. The Labute approximate surface area is 102 Å². The molecule has 0 radical (unpaired) electrons. The van der Waals surface area contributed by atoms with E-state index in [1.54, 1.807) is 12.1 Å². The fourth-order valence-corrected chi connectivity index (χ4v) is 2.69. The normalized spacial score (nSPS) is 24.6. The summed E-state index contributed by atoms with van der Waals surface area (Å²) >= 11 is 0. The van der Waals surface area contributed by atoms with Gasteiger partial charge in [0.1, 0.15) is 0 Å². The van der Waals surface area contributed by atoms with Crippen LogP contribution in [0, 0.1) is 11.7 Å². The van der Waals surface area contributed by atoms with Crippen molar-refractivity contribution in [2.75, 3.05) is 7.11 Å². The highest BCUT2D eigenvalue weighted by Gasteiger charge is 2.19. The Morgan fingerprint density at radius 1 is 1.41 bits per heavy atom. The molecule has 94 valence electrons. The molecule has 0 saturated heterocycles. The Kier molecular flexibility index (Phi) is 4.00. The van der Waals surface area contributed by atoms with Gasteiger partial charge in [-0.25, -0.2) is 4.39 Å². The molecule has 1 aliphatic rings. The van der Waals surface area contributed by atoms with Crippen LogP contribution < -0.4 is 10.5 Å². The van der Waals surface area contributed by atoms with Crippen LogP contribution in [0.15, 0.2) is 18.2 Å². The standard InChI is InChI=1S/C14H20FNO/c1-17-14-6-5-11(9-13(14)15)7-10-3-2-4-12(16)8-10/h5-6,9-10,12H,2-4,7-8,16H2,1H3. The molecule has 0 aliphatic heterocycles. The SMILES string of the molecule is COc1ccc(CC2CCCC(N)C2)cc1F. The molecule has 2 N–H and O–H groups in total. The van der Waals surface area contributed by atoms with E-state index in [-0.39, 0.29) is 5.82 Å². The van der Waals surface area contributed by atoms with E-state index in [1.165, 1.54) is 20.0 Å². The van der Waals surface area contributed by atoms with Crippen LogP contribution in [0.25, 0.3) is 0 Å². The number of benzene rings is 1. The van der Waals surface area contributed by atoms with Crippen molar-refractivity contribution in [3.63, 3.8) is 0 Å². The molecule has 2 atom stereocenters. The zero-order chi connectivity index (χ0) is 12.3. The number of hydrogen-bond acceptors (Lipinski definition) is 2. The molecule has 0 spiro atoms. The van der Waals surface area contributed by atoms with E-state index in [0.29, 0.717) is 17.7 Å². The van der Waals surface area contributed by atoms with Crippen molar-refractivity contribution < 1.29 is 9.13 Å². The lowest BCUT2D eigenvalue weighted by atomic mass is 9.82. The maximum absolute atomic E-state index is 13.5. The van der Waals surface area contributed by atoms with Gasteiger partial charge in [0.25, 0.3) is 0 Å². The minimum Gasteiger partial charge on any atom is -0.494 e. The molecule has 2 rings (SSSR count). The Balaban J connectivity index is 2.00. The summed E-state index contributed by atoms with van der Waals surface area (Å²) in [6.45, 7) is 0. The van der Waals surface area contributed by atoms with Crippen LogP contribution >= 0.6 is 0 Å². The van der Waals surface area contributed by atoms with Crippen LogP contribution in [0.4, 0.5) is 4.39 Å². The number of methoxy groups -OCH3 is 1. The third-order valence-electron chi connectivity index (χ3n) is 3.56. The Bertz CT molecular complexity index is 380. The maximum Gasteiger partial charge on any atom is 0.165 e. The third-order valence-corrected chi connectivity index (χ3v) is 3.56. The van der Waals surface area contributed by atoms with Gasteiger partial charge in [0.2, 0.25) is 0 Å². The molecule has 1 aliphatic carbocycles. The third kappa shape index (κ3) is 3.19. The van der Waals surface area contributed by atoms with Crippen molar-refractivity contribution in [2.45, 2.75) is 38.1 Å². The summed E-state index contributed by atoms with van der Waals surface area (Å²) in [5.41, 5.74) is 7.00. The summed E-state index contributed by atoms with van der Waals surface area (Å²) in [6, 6.07) is 5.56. The van der Waals surface area contributed by atoms with Crippen LogP contribution in [-0.4, -0.2) is 13.2 Å². The van der Waals surface area contributed by atoms with Gasteiger partial charge in [-0.3, -0.25) is 0 Å². The van der Waals surface area contributed by atoms with Gasteiger partial charge in [-0.15, -0.1) is 0 Å². The highest BCUT2D eigenvalue weighted by atomic mass is 19.1. The Morgan fingerprint density at radius 3 is 2.88 bits per heavy atom. The number of rotatable bonds is 3. The zero-order valence-electron chi connectivity index (χ0n) is 10.3. The van der Waals surface area contributed by atoms with E-state index in [1.807, 2.05) is 6.07 Å². The first-order valence-corrected chi connectivity index (χ1v) is 6.27. The summed E-state index contributed by atoms with van der Waals surface area (Å²) in [5.74, 6) is 0.644.